The van der Waals surface area contributed by atoms with E-state index in [0.717, 1.165) is 4.47 Å². The Morgan fingerprint density at radius 3 is 2.00 bits per heavy atom. The van der Waals surface area contributed by atoms with Gasteiger partial charge in [-0.1, -0.05) is 28.1 Å². The van der Waals surface area contributed by atoms with E-state index in [0.29, 0.717) is 5.46 Å². The maximum atomic E-state index is 9.96. The molecule has 5 heteroatoms. The van der Waals surface area contributed by atoms with Crippen molar-refractivity contribution < 1.29 is 14.8 Å². The molecule has 1 rings (SSSR count). The summed E-state index contributed by atoms with van der Waals surface area (Å²) in [5, 5.41) is 19.9. The molecule has 0 saturated heterocycles. The van der Waals surface area contributed by atoms with E-state index < -0.39 is 18.3 Å². The minimum Gasteiger partial charge on any atom is -0.423 e. The van der Waals surface area contributed by atoms with Crippen LogP contribution >= 0.6 is 15.9 Å². The first-order chi connectivity index (χ1) is 7.63. The average molecular weight is 301 g/mol. The minimum atomic E-state index is -1.05. The third-order valence-electron chi connectivity index (χ3n) is 3.03. The molecular formula is C12H18BBrO3. The van der Waals surface area contributed by atoms with E-state index in [2.05, 4.69) is 15.9 Å². The van der Waals surface area contributed by atoms with E-state index in [4.69, 9.17) is 4.65 Å². The molecule has 0 aromatic heterocycles. The monoisotopic (exact) mass is 300 g/mol. The standard InChI is InChI=1S/C12H18BBrO3/c1-11(2,15)12(3,4)17-13(16)9-5-7-10(14)8-6-9/h5-8,15-16H,1-4H3. The van der Waals surface area contributed by atoms with Gasteiger partial charge in [-0.3, -0.25) is 0 Å². The molecule has 0 aliphatic heterocycles. The molecule has 0 bridgehead atoms. The molecule has 2 N–H and O–H groups in total. The average Bonchev–Trinajstić information content (AvgIpc) is 2.16. The van der Waals surface area contributed by atoms with Gasteiger partial charge in [-0.2, -0.15) is 0 Å². The Kier molecular flexibility index (Phi) is 4.41. The van der Waals surface area contributed by atoms with Crippen LogP contribution in [0.3, 0.4) is 0 Å². The third kappa shape index (κ3) is 3.81. The van der Waals surface area contributed by atoms with Crippen LogP contribution in [0.4, 0.5) is 0 Å². The van der Waals surface area contributed by atoms with Gasteiger partial charge in [0.1, 0.15) is 0 Å². The van der Waals surface area contributed by atoms with E-state index in [1.54, 1.807) is 39.8 Å². The normalized spacial score (nSPS) is 12.6. The molecule has 0 aliphatic rings. The summed E-state index contributed by atoms with van der Waals surface area (Å²) in [5.74, 6) is 0. The van der Waals surface area contributed by atoms with Crippen LogP contribution in [0, 0.1) is 0 Å². The van der Waals surface area contributed by atoms with Crippen LogP contribution < -0.4 is 5.46 Å². The number of hydrogen-bond acceptors (Lipinski definition) is 3. The number of hydrogen-bond donors (Lipinski definition) is 2. The lowest BCUT2D eigenvalue weighted by atomic mass is 9.76. The Bertz CT molecular complexity index is 370. The molecule has 1 aromatic carbocycles. The summed E-state index contributed by atoms with van der Waals surface area (Å²) in [4.78, 5) is 0. The van der Waals surface area contributed by atoms with E-state index in [9.17, 15) is 10.1 Å². The second-order valence-electron chi connectivity index (χ2n) is 5.09. The fourth-order valence-electron chi connectivity index (χ4n) is 1.12. The van der Waals surface area contributed by atoms with Gasteiger partial charge in [0.2, 0.25) is 0 Å². The summed E-state index contributed by atoms with van der Waals surface area (Å²) in [6, 6.07) is 7.21. The van der Waals surface area contributed by atoms with Crippen molar-refractivity contribution in [2.24, 2.45) is 0 Å². The van der Waals surface area contributed by atoms with Crippen molar-refractivity contribution in [3.05, 3.63) is 28.7 Å². The predicted molar refractivity (Wildman–Crippen MR) is 73.2 cm³/mol. The van der Waals surface area contributed by atoms with E-state index in [1.807, 2.05) is 12.1 Å². The molecule has 0 fully saturated rings. The van der Waals surface area contributed by atoms with Gasteiger partial charge in [0.05, 0.1) is 11.2 Å². The van der Waals surface area contributed by atoms with Crippen molar-refractivity contribution in [1.82, 2.24) is 0 Å². The first-order valence-electron chi connectivity index (χ1n) is 5.47. The first kappa shape index (κ1) is 14.7. The maximum Gasteiger partial charge on any atom is 0.491 e. The highest BCUT2D eigenvalue weighted by Gasteiger charge is 2.39. The fraction of sp³-hybridized carbons (Fsp3) is 0.500. The third-order valence-corrected chi connectivity index (χ3v) is 3.56. The van der Waals surface area contributed by atoms with Gasteiger partial charge in [0.15, 0.2) is 0 Å². The second kappa shape index (κ2) is 5.10. The van der Waals surface area contributed by atoms with Gasteiger partial charge in [-0.15, -0.1) is 0 Å². The zero-order valence-electron chi connectivity index (χ0n) is 10.6. The molecule has 0 unspecified atom stereocenters. The number of aliphatic hydroxyl groups is 1. The predicted octanol–water partition coefficient (Wildman–Crippen LogP) is 1.70. The van der Waals surface area contributed by atoms with Crippen molar-refractivity contribution in [3.8, 4) is 0 Å². The van der Waals surface area contributed by atoms with E-state index >= 15 is 0 Å². The van der Waals surface area contributed by atoms with Gasteiger partial charge < -0.3 is 14.8 Å². The first-order valence-corrected chi connectivity index (χ1v) is 6.26. The summed E-state index contributed by atoms with van der Waals surface area (Å²) in [5.41, 5.74) is -1.23. The Morgan fingerprint density at radius 1 is 1.12 bits per heavy atom. The quantitative estimate of drug-likeness (QED) is 0.832. The molecule has 0 aliphatic carbocycles. The lowest BCUT2D eigenvalue weighted by Gasteiger charge is -2.38. The Morgan fingerprint density at radius 2 is 1.59 bits per heavy atom. The zero-order chi connectivity index (χ0) is 13.3. The number of benzene rings is 1. The summed E-state index contributed by atoms with van der Waals surface area (Å²) in [7, 11) is -1.05. The van der Waals surface area contributed by atoms with E-state index in [-0.39, 0.29) is 0 Å². The van der Waals surface area contributed by atoms with Crippen molar-refractivity contribution in [2.45, 2.75) is 38.9 Å². The van der Waals surface area contributed by atoms with Crippen LogP contribution in [0.1, 0.15) is 27.7 Å². The smallest absolute Gasteiger partial charge is 0.423 e. The highest BCUT2D eigenvalue weighted by molar-refractivity contribution is 9.10. The molecule has 0 spiro atoms. The van der Waals surface area contributed by atoms with Crippen molar-refractivity contribution in [2.75, 3.05) is 0 Å². The van der Waals surface area contributed by atoms with Gasteiger partial charge in [-0.05, 0) is 45.3 Å². The largest absolute Gasteiger partial charge is 0.491 e. The van der Waals surface area contributed by atoms with Gasteiger partial charge in [0, 0.05) is 4.47 Å². The molecule has 0 atom stereocenters. The summed E-state index contributed by atoms with van der Waals surface area (Å²) in [6.07, 6.45) is 0. The lowest BCUT2D eigenvalue weighted by Crippen LogP contribution is -2.53. The maximum absolute atomic E-state index is 9.96. The number of halogens is 1. The van der Waals surface area contributed by atoms with Crippen LogP contribution in [0.25, 0.3) is 0 Å². The highest BCUT2D eigenvalue weighted by Crippen LogP contribution is 2.25. The molecule has 0 radical (unpaired) electrons. The molecule has 3 nitrogen and oxygen atoms in total. The lowest BCUT2D eigenvalue weighted by molar-refractivity contribution is -0.0982. The van der Waals surface area contributed by atoms with Crippen LogP contribution in [0.15, 0.2) is 28.7 Å². The second-order valence-corrected chi connectivity index (χ2v) is 6.01. The number of rotatable bonds is 4. The van der Waals surface area contributed by atoms with Crippen LogP contribution in [-0.2, 0) is 4.65 Å². The fourth-order valence-corrected chi connectivity index (χ4v) is 1.38. The highest BCUT2D eigenvalue weighted by atomic mass is 79.9. The summed E-state index contributed by atoms with van der Waals surface area (Å²) >= 11 is 3.33. The van der Waals surface area contributed by atoms with Gasteiger partial charge >= 0.3 is 7.12 Å². The topological polar surface area (TPSA) is 49.7 Å². The van der Waals surface area contributed by atoms with E-state index in [1.165, 1.54) is 0 Å². The SMILES string of the molecule is CC(C)(O)C(C)(C)OB(O)c1ccc(Br)cc1. The van der Waals surface area contributed by atoms with Crippen molar-refractivity contribution in [1.29, 1.82) is 0 Å². The van der Waals surface area contributed by atoms with Crippen molar-refractivity contribution >= 4 is 28.5 Å². The molecule has 0 saturated carbocycles. The zero-order valence-corrected chi connectivity index (χ0v) is 12.2. The summed E-state index contributed by atoms with van der Waals surface area (Å²) in [6.45, 7) is 6.80. The molecule has 94 valence electrons. The molecule has 0 heterocycles. The summed E-state index contributed by atoms with van der Waals surface area (Å²) < 4.78 is 6.46. The van der Waals surface area contributed by atoms with Gasteiger partial charge in [-0.25, -0.2) is 0 Å². The Hall–Kier alpha value is -0.355. The minimum absolute atomic E-state index is 0.658. The molecule has 1 aromatic rings. The Labute approximate surface area is 111 Å². The molecule has 17 heavy (non-hydrogen) atoms. The Balaban J connectivity index is 2.79. The molecule has 0 amide bonds. The van der Waals surface area contributed by atoms with Gasteiger partial charge in [0.25, 0.3) is 0 Å². The van der Waals surface area contributed by atoms with Crippen molar-refractivity contribution in [3.63, 3.8) is 0 Å². The van der Waals surface area contributed by atoms with Crippen LogP contribution in [0.2, 0.25) is 0 Å². The van der Waals surface area contributed by atoms with Crippen LogP contribution in [0.5, 0.6) is 0 Å². The van der Waals surface area contributed by atoms with Crippen LogP contribution in [-0.4, -0.2) is 28.5 Å². The molecular weight excluding hydrogens is 283 g/mol.